The zero-order valence-electron chi connectivity index (χ0n) is 16.2. The van der Waals surface area contributed by atoms with Crippen LogP contribution in [0.3, 0.4) is 0 Å². The molecule has 0 N–H and O–H groups in total. The summed E-state index contributed by atoms with van der Waals surface area (Å²) in [6.07, 6.45) is 1.64. The van der Waals surface area contributed by atoms with Crippen LogP contribution in [0.2, 0.25) is 0 Å². The number of cyclic esters (lactones) is 1. The molecule has 1 spiro atoms. The molecule has 2 aliphatic heterocycles. The van der Waals surface area contributed by atoms with Crippen molar-refractivity contribution in [1.82, 2.24) is 15.0 Å². The average molecular weight is 388 g/mol. The maximum atomic E-state index is 12.5. The number of aromatic nitrogens is 3. The number of carbonyl (C=O) groups excluding carboxylic acids is 1. The Kier molecular flexibility index (Phi) is 4.06. The van der Waals surface area contributed by atoms with Crippen LogP contribution in [0.4, 0.5) is 0 Å². The van der Waals surface area contributed by atoms with Gasteiger partial charge in [0.05, 0.1) is 18.5 Å². The molecular weight excluding hydrogens is 368 g/mol. The van der Waals surface area contributed by atoms with E-state index in [1.54, 1.807) is 6.20 Å². The Labute approximate surface area is 168 Å². The number of carbonyl (C=O) groups is 1. The van der Waals surface area contributed by atoms with E-state index in [1.165, 1.54) is 10.4 Å². The quantitative estimate of drug-likeness (QED) is 0.645. The third-order valence-electron chi connectivity index (χ3n) is 5.33. The van der Waals surface area contributed by atoms with E-state index in [2.05, 4.69) is 10.2 Å². The molecule has 3 aromatic rings. The Bertz CT molecular complexity index is 1100. The van der Waals surface area contributed by atoms with Gasteiger partial charge in [-0.2, -0.15) is 15.0 Å². The van der Waals surface area contributed by atoms with Crippen LogP contribution in [-0.4, -0.2) is 45.6 Å². The van der Waals surface area contributed by atoms with E-state index < -0.39 is 17.7 Å². The van der Waals surface area contributed by atoms with Crippen molar-refractivity contribution in [3.8, 4) is 11.3 Å². The zero-order valence-corrected chi connectivity index (χ0v) is 16.2. The second-order valence-corrected chi connectivity index (χ2v) is 7.48. The van der Waals surface area contributed by atoms with E-state index in [0.29, 0.717) is 12.3 Å². The highest BCUT2D eigenvalue weighted by Gasteiger charge is 2.57. The number of rotatable bonds is 3. The average Bonchev–Trinajstić information content (AvgIpc) is 3.43. The lowest BCUT2D eigenvalue weighted by atomic mass is 10.1. The minimum atomic E-state index is -1.14. The largest absolute Gasteiger partial charge is 0.459 e. The van der Waals surface area contributed by atoms with Crippen LogP contribution in [-0.2, 0) is 14.3 Å². The lowest BCUT2D eigenvalue weighted by Crippen LogP contribution is -2.39. The van der Waals surface area contributed by atoms with Crippen LogP contribution in [0.25, 0.3) is 11.3 Å². The van der Waals surface area contributed by atoms with Crippen molar-refractivity contribution in [2.24, 2.45) is 4.99 Å². The van der Waals surface area contributed by atoms with Crippen molar-refractivity contribution in [2.45, 2.75) is 25.6 Å². The molecule has 1 aromatic heterocycles. The van der Waals surface area contributed by atoms with Gasteiger partial charge in [0.1, 0.15) is 12.3 Å². The highest BCUT2D eigenvalue weighted by molar-refractivity contribution is 6.03. The zero-order chi connectivity index (χ0) is 20.0. The summed E-state index contributed by atoms with van der Waals surface area (Å²) in [5.41, 5.74) is 4.57. The summed E-state index contributed by atoms with van der Waals surface area (Å²) >= 11 is 0. The topological polar surface area (TPSA) is 78.6 Å². The fraction of sp³-hybridized carbons (Fsp3) is 0.273. The second kappa shape index (κ2) is 6.63. The van der Waals surface area contributed by atoms with Crippen molar-refractivity contribution in [2.75, 3.05) is 13.2 Å². The molecule has 7 nitrogen and oxygen atoms in total. The molecule has 3 heterocycles. The van der Waals surface area contributed by atoms with Gasteiger partial charge in [0, 0.05) is 5.56 Å². The van der Waals surface area contributed by atoms with E-state index in [4.69, 9.17) is 14.5 Å². The van der Waals surface area contributed by atoms with Gasteiger partial charge in [0.2, 0.25) is 11.8 Å². The SMILES string of the molecule is Cc1ccc(C2=N[C@]3(COC(=O)[C@@H]3n3ncc(-c4ccc(C)cc4)n3)OC2)cc1. The number of hydrogen-bond donors (Lipinski definition) is 0. The van der Waals surface area contributed by atoms with Gasteiger partial charge in [-0.05, 0) is 19.4 Å². The Morgan fingerprint density at radius 3 is 2.34 bits per heavy atom. The van der Waals surface area contributed by atoms with Gasteiger partial charge < -0.3 is 9.47 Å². The van der Waals surface area contributed by atoms with Crippen molar-refractivity contribution in [3.63, 3.8) is 0 Å². The lowest BCUT2D eigenvalue weighted by Gasteiger charge is -2.21. The fourth-order valence-corrected chi connectivity index (χ4v) is 3.64. The normalized spacial score (nSPS) is 23.4. The molecule has 146 valence electrons. The van der Waals surface area contributed by atoms with E-state index in [9.17, 15) is 4.79 Å². The van der Waals surface area contributed by atoms with Crippen LogP contribution in [0.5, 0.6) is 0 Å². The highest BCUT2D eigenvalue weighted by Crippen LogP contribution is 2.39. The maximum absolute atomic E-state index is 12.5. The first-order valence-corrected chi connectivity index (χ1v) is 9.49. The fourth-order valence-electron chi connectivity index (χ4n) is 3.64. The molecule has 2 aromatic carbocycles. The summed E-state index contributed by atoms with van der Waals surface area (Å²) in [5.74, 6) is -0.440. The third kappa shape index (κ3) is 3.03. The molecule has 1 fully saturated rings. The Balaban J connectivity index is 1.49. The molecule has 7 heteroatoms. The van der Waals surface area contributed by atoms with Gasteiger partial charge >= 0.3 is 5.97 Å². The summed E-state index contributed by atoms with van der Waals surface area (Å²) in [6, 6.07) is 15.2. The first-order chi connectivity index (χ1) is 14.0. The van der Waals surface area contributed by atoms with Gasteiger partial charge in [0.15, 0.2) is 0 Å². The summed E-state index contributed by atoms with van der Waals surface area (Å²) in [5, 5.41) is 8.86. The van der Waals surface area contributed by atoms with E-state index in [-0.39, 0.29) is 6.61 Å². The first kappa shape index (κ1) is 17.8. The Morgan fingerprint density at radius 1 is 1.00 bits per heavy atom. The van der Waals surface area contributed by atoms with E-state index >= 15 is 0 Å². The van der Waals surface area contributed by atoms with Gasteiger partial charge in [0.25, 0.3) is 0 Å². The standard InChI is InChI=1S/C22H20N4O3/c1-14-3-7-16(8-4-14)18-11-23-26(25-18)20-21(27)28-13-22(20)24-19(12-29-22)17-9-5-15(2)6-10-17/h3-11,20H,12-13H2,1-2H3/t20-,22+/m0/s1. The van der Waals surface area contributed by atoms with E-state index in [1.807, 2.05) is 62.4 Å². The van der Waals surface area contributed by atoms with Crippen molar-refractivity contribution in [1.29, 1.82) is 0 Å². The summed E-state index contributed by atoms with van der Waals surface area (Å²) < 4.78 is 11.3. The van der Waals surface area contributed by atoms with Crippen molar-refractivity contribution in [3.05, 3.63) is 71.4 Å². The Morgan fingerprint density at radius 2 is 1.66 bits per heavy atom. The van der Waals surface area contributed by atoms with Crippen LogP contribution in [0.1, 0.15) is 22.7 Å². The molecule has 29 heavy (non-hydrogen) atoms. The number of nitrogens with zero attached hydrogens (tertiary/aromatic N) is 4. The van der Waals surface area contributed by atoms with Crippen LogP contribution in [0.15, 0.2) is 59.7 Å². The number of benzene rings is 2. The third-order valence-corrected chi connectivity index (χ3v) is 5.33. The molecular formula is C22H20N4O3. The van der Waals surface area contributed by atoms with Crippen molar-refractivity contribution < 1.29 is 14.3 Å². The predicted molar refractivity (Wildman–Crippen MR) is 107 cm³/mol. The number of ether oxygens (including phenoxy) is 2. The molecule has 1 saturated heterocycles. The molecule has 0 saturated carbocycles. The summed E-state index contributed by atoms with van der Waals surface area (Å²) in [4.78, 5) is 18.7. The second-order valence-electron chi connectivity index (χ2n) is 7.48. The number of esters is 1. The molecule has 0 unspecified atom stereocenters. The van der Waals surface area contributed by atoms with Crippen LogP contribution in [0, 0.1) is 13.8 Å². The molecule has 5 rings (SSSR count). The predicted octanol–water partition coefficient (Wildman–Crippen LogP) is 2.88. The molecule has 2 aliphatic rings. The van der Waals surface area contributed by atoms with Crippen LogP contribution >= 0.6 is 0 Å². The summed E-state index contributed by atoms with van der Waals surface area (Å²) in [6.45, 7) is 4.42. The van der Waals surface area contributed by atoms with Gasteiger partial charge in [-0.25, -0.2) is 9.79 Å². The number of hydrogen-bond acceptors (Lipinski definition) is 6. The molecule has 0 aliphatic carbocycles. The van der Waals surface area contributed by atoms with Gasteiger partial charge in [-0.1, -0.05) is 59.7 Å². The maximum Gasteiger partial charge on any atom is 0.338 e. The molecule has 0 radical (unpaired) electrons. The molecule has 0 amide bonds. The minimum absolute atomic E-state index is 0.0489. The first-order valence-electron chi connectivity index (χ1n) is 9.49. The lowest BCUT2D eigenvalue weighted by molar-refractivity contribution is -0.141. The van der Waals surface area contributed by atoms with Crippen molar-refractivity contribution >= 4 is 11.7 Å². The smallest absolute Gasteiger partial charge is 0.338 e. The van der Waals surface area contributed by atoms with E-state index in [0.717, 1.165) is 22.4 Å². The molecule has 2 atom stereocenters. The highest BCUT2D eigenvalue weighted by atomic mass is 16.6. The van der Waals surface area contributed by atoms with Gasteiger partial charge in [-0.15, -0.1) is 0 Å². The van der Waals surface area contributed by atoms with Gasteiger partial charge in [-0.3, -0.25) is 0 Å². The summed E-state index contributed by atoms with van der Waals surface area (Å²) in [7, 11) is 0. The number of aryl methyl sites for hydroxylation is 2. The van der Waals surface area contributed by atoms with Crippen LogP contribution < -0.4 is 0 Å². The molecule has 0 bridgehead atoms. The number of aliphatic imine (C=N–C) groups is 1. The monoisotopic (exact) mass is 388 g/mol. The minimum Gasteiger partial charge on any atom is -0.459 e. The Hall–Kier alpha value is -3.32.